The van der Waals surface area contributed by atoms with Gasteiger partial charge in [0.1, 0.15) is 0 Å². The molecule has 0 saturated carbocycles. The molecule has 2 heterocycles. The van der Waals surface area contributed by atoms with Gasteiger partial charge >= 0.3 is 0 Å². The Bertz CT molecular complexity index is 598. The summed E-state index contributed by atoms with van der Waals surface area (Å²) >= 11 is 0. The SMILES string of the molecule is O=C1NCCN[C@H]1Cc1ccccc1-c1ccncc1. The highest BCUT2D eigenvalue weighted by molar-refractivity contribution is 5.83. The van der Waals surface area contributed by atoms with Gasteiger partial charge in [-0.2, -0.15) is 0 Å². The summed E-state index contributed by atoms with van der Waals surface area (Å²) in [6.07, 6.45) is 4.28. The molecule has 4 heteroatoms. The number of piperazine rings is 1. The van der Waals surface area contributed by atoms with Crippen LogP contribution in [-0.2, 0) is 11.2 Å². The van der Waals surface area contributed by atoms with E-state index in [1.54, 1.807) is 12.4 Å². The largest absolute Gasteiger partial charge is 0.353 e. The highest BCUT2D eigenvalue weighted by Crippen LogP contribution is 2.24. The average molecular weight is 267 g/mol. The molecular formula is C16H17N3O. The van der Waals surface area contributed by atoms with Gasteiger partial charge in [0.05, 0.1) is 6.04 Å². The van der Waals surface area contributed by atoms with E-state index in [0.29, 0.717) is 13.0 Å². The number of pyridine rings is 1. The van der Waals surface area contributed by atoms with Gasteiger partial charge in [-0.25, -0.2) is 0 Å². The molecule has 4 nitrogen and oxygen atoms in total. The summed E-state index contributed by atoms with van der Waals surface area (Å²) in [6.45, 7) is 1.54. The predicted octanol–water partition coefficient (Wildman–Crippen LogP) is 1.38. The molecule has 0 spiro atoms. The molecule has 1 aliphatic heterocycles. The summed E-state index contributed by atoms with van der Waals surface area (Å²) in [5, 5.41) is 6.17. The van der Waals surface area contributed by atoms with E-state index < -0.39 is 0 Å². The second kappa shape index (κ2) is 5.84. The normalized spacial score (nSPS) is 18.6. The summed E-state index contributed by atoms with van der Waals surface area (Å²) in [4.78, 5) is 15.9. The predicted molar refractivity (Wildman–Crippen MR) is 78.2 cm³/mol. The molecule has 1 aromatic carbocycles. The second-order valence-electron chi connectivity index (χ2n) is 4.89. The molecule has 102 valence electrons. The third kappa shape index (κ3) is 2.70. The Morgan fingerprint density at radius 3 is 2.70 bits per heavy atom. The molecule has 1 amide bonds. The summed E-state index contributed by atoms with van der Waals surface area (Å²) in [5.74, 6) is 0.0841. The van der Waals surface area contributed by atoms with Crippen LogP contribution in [0.5, 0.6) is 0 Å². The molecule has 1 fully saturated rings. The number of nitrogens with one attached hydrogen (secondary N) is 2. The summed E-state index contributed by atoms with van der Waals surface area (Å²) in [5.41, 5.74) is 3.47. The van der Waals surface area contributed by atoms with Crippen LogP contribution in [0.4, 0.5) is 0 Å². The Morgan fingerprint density at radius 1 is 1.10 bits per heavy atom. The topological polar surface area (TPSA) is 54.0 Å². The van der Waals surface area contributed by atoms with Crippen molar-refractivity contribution >= 4 is 5.91 Å². The molecule has 0 aliphatic carbocycles. The Balaban J connectivity index is 1.88. The number of nitrogens with zero attached hydrogens (tertiary/aromatic N) is 1. The van der Waals surface area contributed by atoms with Gasteiger partial charge in [0.2, 0.25) is 5.91 Å². The van der Waals surface area contributed by atoms with Gasteiger partial charge in [0.25, 0.3) is 0 Å². The summed E-state index contributed by atoms with van der Waals surface area (Å²) in [6, 6.07) is 12.0. The fourth-order valence-corrected chi connectivity index (χ4v) is 2.54. The van der Waals surface area contributed by atoms with Crippen LogP contribution in [-0.4, -0.2) is 30.0 Å². The van der Waals surface area contributed by atoms with Crippen molar-refractivity contribution in [2.75, 3.05) is 13.1 Å². The fraction of sp³-hybridized carbons (Fsp3) is 0.250. The van der Waals surface area contributed by atoms with Crippen LogP contribution >= 0.6 is 0 Å². The Hall–Kier alpha value is -2.20. The van der Waals surface area contributed by atoms with Gasteiger partial charge in [0, 0.05) is 25.5 Å². The zero-order valence-corrected chi connectivity index (χ0v) is 11.2. The minimum absolute atomic E-state index is 0.0841. The quantitative estimate of drug-likeness (QED) is 0.883. The lowest BCUT2D eigenvalue weighted by molar-refractivity contribution is -0.124. The maximum atomic E-state index is 11.9. The van der Waals surface area contributed by atoms with Crippen LogP contribution < -0.4 is 10.6 Å². The highest BCUT2D eigenvalue weighted by atomic mass is 16.2. The van der Waals surface area contributed by atoms with Gasteiger partial charge < -0.3 is 10.6 Å². The van der Waals surface area contributed by atoms with Gasteiger partial charge in [-0.05, 0) is 35.2 Å². The van der Waals surface area contributed by atoms with Crippen molar-refractivity contribution in [3.63, 3.8) is 0 Å². The lowest BCUT2D eigenvalue weighted by Gasteiger charge is -2.24. The summed E-state index contributed by atoms with van der Waals surface area (Å²) in [7, 11) is 0. The first-order chi connectivity index (χ1) is 9.84. The smallest absolute Gasteiger partial charge is 0.237 e. The fourth-order valence-electron chi connectivity index (χ4n) is 2.54. The molecule has 1 aromatic heterocycles. The number of hydrogen-bond donors (Lipinski definition) is 2. The van der Waals surface area contributed by atoms with Crippen LogP contribution in [0.3, 0.4) is 0 Å². The number of rotatable bonds is 3. The van der Waals surface area contributed by atoms with Gasteiger partial charge in [-0.3, -0.25) is 9.78 Å². The maximum Gasteiger partial charge on any atom is 0.237 e. The third-order valence-corrected chi connectivity index (χ3v) is 3.56. The Kier molecular flexibility index (Phi) is 3.74. The summed E-state index contributed by atoms with van der Waals surface area (Å²) < 4.78 is 0. The van der Waals surface area contributed by atoms with E-state index in [1.807, 2.05) is 24.3 Å². The maximum absolute atomic E-state index is 11.9. The molecule has 0 bridgehead atoms. The van der Waals surface area contributed by atoms with Crippen molar-refractivity contribution < 1.29 is 4.79 Å². The number of aromatic nitrogens is 1. The number of carbonyl (C=O) groups excluding carboxylic acids is 1. The van der Waals surface area contributed by atoms with Gasteiger partial charge in [0.15, 0.2) is 0 Å². The van der Waals surface area contributed by atoms with Gasteiger partial charge in [-0.1, -0.05) is 24.3 Å². The minimum Gasteiger partial charge on any atom is -0.353 e. The standard InChI is InChI=1S/C16H17N3O/c20-16-15(18-9-10-19-16)11-13-3-1-2-4-14(13)12-5-7-17-8-6-12/h1-8,15,18H,9-11H2,(H,19,20)/t15-/m0/s1. The van der Waals surface area contributed by atoms with E-state index in [2.05, 4.69) is 27.8 Å². The van der Waals surface area contributed by atoms with Crippen molar-refractivity contribution in [3.8, 4) is 11.1 Å². The van der Waals surface area contributed by atoms with Crippen LogP contribution in [0.2, 0.25) is 0 Å². The van der Waals surface area contributed by atoms with Crippen molar-refractivity contribution in [1.82, 2.24) is 15.6 Å². The monoisotopic (exact) mass is 267 g/mol. The molecular weight excluding hydrogens is 250 g/mol. The molecule has 1 saturated heterocycles. The molecule has 1 aliphatic rings. The third-order valence-electron chi connectivity index (χ3n) is 3.56. The number of carbonyl (C=O) groups is 1. The zero-order chi connectivity index (χ0) is 13.8. The first-order valence-electron chi connectivity index (χ1n) is 6.84. The van der Waals surface area contributed by atoms with E-state index >= 15 is 0 Å². The van der Waals surface area contributed by atoms with E-state index in [-0.39, 0.29) is 11.9 Å². The first kappa shape index (κ1) is 12.8. The number of amides is 1. The lowest BCUT2D eigenvalue weighted by Crippen LogP contribution is -2.53. The van der Waals surface area contributed by atoms with Crippen molar-refractivity contribution in [1.29, 1.82) is 0 Å². The van der Waals surface area contributed by atoms with E-state index in [1.165, 1.54) is 5.56 Å². The van der Waals surface area contributed by atoms with E-state index in [9.17, 15) is 4.79 Å². The number of hydrogen-bond acceptors (Lipinski definition) is 3. The Labute approximate surface area is 118 Å². The minimum atomic E-state index is -0.147. The average Bonchev–Trinajstić information content (AvgIpc) is 2.51. The molecule has 20 heavy (non-hydrogen) atoms. The molecule has 2 aromatic rings. The molecule has 3 rings (SSSR count). The van der Waals surface area contributed by atoms with Crippen molar-refractivity contribution in [2.24, 2.45) is 0 Å². The van der Waals surface area contributed by atoms with E-state index in [4.69, 9.17) is 0 Å². The Morgan fingerprint density at radius 2 is 1.90 bits per heavy atom. The van der Waals surface area contributed by atoms with Crippen LogP contribution in [0, 0.1) is 0 Å². The molecule has 2 N–H and O–H groups in total. The van der Waals surface area contributed by atoms with Crippen molar-refractivity contribution in [2.45, 2.75) is 12.5 Å². The van der Waals surface area contributed by atoms with Crippen LogP contribution in [0.25, 0.3) is 11.1 Å². The second-order valence-corrected chi connectivity index (χ2v) is 4.89. The lowest BCUT2D eigenvalue weighted by atomic mass is 9.95. The highest BCUT2D eigenvalue weighted by Gasteiger charge is 2.22. The van der Waals surface area contributed by atoms with Crippen LogP contribution in [0.1, 0.15) is 5.56 Å². The molecule has 1 atom stereocenters. The van der Waals surface area contributed by atoms with Crippen LogP contribution in [0.15, 0.2) is 48.8 Å². The number of benzene rings is 1. The van der Waals surface area contributed by atoms with E-state index in [0.717, 1.165) is 17.7 Å². The molecule has 0 radical (unpaired) electrons. The molecule has 0 unspecified atom stereocenters. The zero-order valence-electron chi connectivity index (χ0n) is 11.2. The van der Waals surface area contributed by atoms with Gasteiger partial charge in [-0.15, -0.1) is 0 Å². The first-order valence-corrected chi connectivity index (χ1v) is 6.84. The van der Waals surface area contributed by atoms with Crippen molar-refractivity contribution in [3.05, 3.63) is 54.4 Å².